The second kappa shape index (κ2) is 5.81. The summed E-state index contributed by atoms with van der Waals surface area (Å²) >= 11 is 0. The summed E-state index contributed by atoms with van der Waals surface area (Å²) in [4.78, 5) is 22.2. The summed E-state index contributed by atoms with van der Waals surface area (Å²) in [5, 5.41) is 12.3. The molecule has 0 heterocycles. The predicted octanol–water partition coefficient (Wildman–Crippen LogP) is 0.964. The molecule has 0 radical (unpaired) electrons. The molecular formula is C11H13N3O4S. The van der Waals surface area contributed by atoms with Gasteiger partial charge in [-0.3, -0.25) is 9.59 Å². The van der Waals surface area contributed by atoms with E-state index in [1.165, 1.54) is 38.1 Å². The highest BCUT2D eigenvalue weighted by molar-refractivity contribution is 7.89. The number of sulfonamides is 1. The molecule has 0 aliphatic carbocycles. The molecule has 0 aliphatic rings. The quantitative estimate of drug-likeness (QED) is 0.639. The molecule has 1 aromatic carbocycles. The largest absolute Gasteiger partial charge is 0.297 e. The van der Waals surface area contributed by atoms with Gasteiger partial charge in [0.15, 0.2) is 17.6 Å². The summed E-state index contributed by atoms with van der Waals surface area (Å²) in [7, 11) is -3.76. The Morgan fingerprint density at radius 2 is 1.58 bits per heavy atom. The van der Waals surface area contributed by atoms with Gasteiger partial charge in [0.2, 0.25) is 10.0 Å². The van der Waals surface area contributed by atoms with Crippen LogP contribution >= 0.6 is 0 Å². The number of nitrogens with two attached hydrogens (primary N) is 1. The van der Waals surface area contributed by atoms with Crippen LogP contribution in [0.1, 0.15) is 13.8 Å². The molecule has 0 unspecified atom stereocenters. The van der Waals surface area contributed by atoms with Gasteiger partial charge in [-0.1, -0.05) is 0 Å². The average molecular weight is 283 g/mol. The first-order valence-corrected chi connectivity index (χ1v) is 6.81. The number of carbonyl (C=O) groups is 2. The Balaban J connectivity index is 2.95. The van der Waals surface area contributed by atoms with Gasteiger partial charge in [-0.05, 0) is 38.1 Å². The van der Waals surface area contributed by atoms with E-state index in [4.69, 9.17) is 5.14 Å². The van der Waals surface area contributed by atoms with Crippen LogP contribution in [0.2, 0.25) is 0 Å². The Hall–Kier alpha value is -1.93. The topological polar surface area (TPSA) is 119 Å². The summed E-state index contributed by atoms with van der Waals surface area (Å²) < 4.78 is 22.0. The number of hydrogen-bond donors (Lipinski definition) is 1. The van der Waals surface area contributed by atoms with E-state index < -0.39 is 27.6 Å². The summed E-state index contributed by atoms with van der Waals surface area (Å²) in [6, 6.07) is 4.15. The van der Waals surface area contributed by atoms with Gasteiger partial charge in [-0.15, -0.1) is 0 Å². The van der Waals surface area contributed by atoms with Crippen LogP contribution in [-0.2, 0) is 19.6 Å². The van der Waals surface area contributed by atoms with E-state index in [1.807, 2.05) is 0 Å². The molecular weight excluding hydrogens is 270 g/mol. The molecule has 2 N–H and O–H groups in total. The Morgan fingerprint density at radius 1 is 1.11 bits per heavy atom. The van der Waals surface area contributed by atoms with Gasteiger partial charge >= 0.3 is 0 Å². The smallest absolute Gasteiger partial charge is 0.238 e. The normalized spacial score (nSPS) is 12.0. The van der Waals surface area contributed by atoms with Gasteiger partial charge < -0.3 is 0 Å². The highest BCUT2D eigenvalue weighted by atomic mass is 32.2. The molecule has 0 spiro atoms. The van der Waals surface area contributed by atoms with Crippen LogP contribution in [-0.4, -0.2) is 26.0 Å². The van der Waals surface area contributed by atoms with Crippen LogP contribution in [0.3, 0.4) is 0 Å². The molecule has 0 bridgehead atoms. The van der Waals surface area contributed by atoms with Gasteiger partial charge in [0.05, 0.1) is 10.6 Å². The van der Waals surface area contributed by atoms with E-state index in [0.29, 0.717) is 5.69 Å². The Kier molecular flexibility index (Phi) is 4.62. The monoisotopic (exact) mass is 283 g/mol. The number of benzene rings is 1. The maximum Gasteiger partial charge on any atom is 0.238 e. The van der Waals surface area contributed by atoms with Gasteiger partial charge in [0.25, 0.3) is 0 Å². The van der Waals surface area contributed by atoms with Crippen LogP contribution in [0, 0.1) is 0 Å². The SMILES string of the molecule is CC(=O)C(N=Nc1ccc(S(N)(=O)=O)cc1)C(C)=O. The Bertz CT molecular complexity index is 606. The van der Waals surface area contributed by atoms with Crippen LogP contribution in [0.25, 0.3) is 0 Å². The summed E-state index contributed by atoms with van der Waals surface area (Å²) in [5.41, 5.74) is 0.319. The fourth-order valence-electron chi connectivity index (χ4n) is 1.28. The van der Waals surface area contributed by atoms with Crippen molar-refractivity contribution in [2.45, 2.75) is 24.8 Å². The number of ketones is 2. The molecule has 0 atom stereocenters. The number of carbonyl (C=O) groups excluding carboxylic acids is 2. The van der Waals surface area contributed by atoms with Crippen LogP contribution in [0.15, 0.2) is 39.4 Å². The maximum atomic E-state index is 11.1. The van der Waals surface area contributed by atoms with Crippen molar-refractivity contribution in [3.63, 3.8) is 0 Å². The van der Waals surface area contributed by atoms with E-state index in [9.17, 15) is 18.0 Å². The van der Waals surface area contributed by atoms with Crippen molar-refractivity contribution < 1.29 is 18.0 Å². The molecule has 0 fully saturated rings. The Labute approximate surface area is 110 Å². The van der Waals surface area contributed by atoms with E-state index in [0.717, 1.165) is 0 Å². The van der Waals surface area contributed by atoms with Crippen molar-refractivity contribution >= 4 is 27.3 Å². The molecule has 102 valence electrons. The number of rotatable bonds is 5. The lowest BCUT2D eigenvalue weighted by Gasteiger charge is -2.02. The van der Waals surface area contributed by atoms with Crippen molar-refractivity contribution in [1.82, 2.24) is 0 Å². The zero-order valence-corrected chi connectivity index (χ0v) is 11.2. The first-order valence-electron chi connectivity index (χ1n) is 5.26. The predicted molar refractivity (Wildman–Crippen MR) is 67.5 cm³/mol. The number of nitrogens with zero attached hydrogens (tertiary/aromatic N) is 2. The molecule has 7 nitrogen and oxygen atoms in total. The van der Waals surface area contributed by atoms with E-state index >= 15 is 0 Å². The molecule has 1 rings (SSSR count). The summed E-state index contributed by atoms with van der Waals surface area (Å²) in [6.07, 6.45) is 0. The molecule has 1 aromatic rings. The highest BCUT2D eigenvalue weighted by Gasteiger charge is 2.18. The minimum Gasteiger partial charge on any atom is -0.297 e. The number of primary sulfonamides is 1. The average Bonchev–Trinajstić information content (AvgIpc) is 2.27. The fourth-order valence-corrected chi connectivity index (χ4v) is 1.79. The van der Waals surface area contributed by atoms with Crippen molar-refractivity contribution in [1.29, 1.82) is 0 Å². The first-order chi connectivity index (χ1) is 8.71. The van der Waals surface area contributed by atoms with Crippen molar-refractivity contribution in [2.75, 3.05) is 0 Å². The summed E-state index contributed by atoms with van der Waals surface area (Å²) in [6.45, 7) is 2.49. The lowest BCUT2D eigenvalue weighted by Crippen LogP contribution is -2.23. The standard InChI is InChI=1S/C11H13N3O4S/c1-7(15)11(8(2)16)14-13-9-3-5-10(6-4-9)19(12,17)18/h3-6,11H,1-2H3,(H2,12,17,18). The Morgan fingerprint density at radius 3 is 1.95 bits per heavy atom. The minimum atomic E-state index is -3.76. The van der Waals surface area contributed by atoms with Gasteiger partial charge in [0, 0.05) is 0 Å². The third-order valence-electron chi connectivity index (χ3n) is 2.22. The lowest BCUT2D eigenvalue weighted by molar-refractivity contribution is -0.126. The number of azo groups is 1. The number of hydrogen-bond acceptors (Lipinski definition) is 6. The molecule has 0 aliphatic heterocycles. The second-order valence-electron chi connectivity index (χ2n) is 3.88. The minimum absolute atomic E-state index is 0.0545. The molecule has 19 heavy (non-hydrogen) atoms. The lowest BCUT2D eigenvalue weighted by atomic mass is 10.1. The van der Waals surface area contributed by atoms with Gasteiger partial charge in [-0.2, -0.15) is 10.2 Å². The maximum absolute atomic E-state index is 11.1. The first kappa shape index (κ1) is 15.1. The fraction of sp³-hybridized carbons (Fsp3) is 0.273. The molecule has 0 saturated heterocycles. The van der Waals surface area contributed by atoms with E-state index in [1.54, 1.807) is 0 Å². The van der Waals surface area contributed by atoms with Crippen LogP contribution in [0.4, 0.5) is 5.69 Å². The van der Waals surface area contributed by atoms with Crippen LogP contribution < -0.4 is 5.14 Å². The zero-order chi connectivity index (χ0) is 14.6. The highest BCUT2D eigenvalue weighted by Crippen LogP contribution is 2.16. The second-order valence-corrected chi connectivity index (χ2v) is 5.44. The van der Waals surface area contributed by atoms with Gasteiger partial charge in [-0.25, -0.2) is 13.6 Å². The third kappa shape index (κ3) is 4.34. The van der Waals surface area contributed by atoms with Crippen molar-refractivity contribution in [2.24, 2.45) is 15.4 Å². The van der Waals surface area contributed by atoms with E-state index in [2.05, 4.69) is 10.2 Å². The number of Topliss-reactive ketones (excluding diaryl/α,β-unsaturated/α-hetero) is 2. The van der Waals surface area contributed by atoms with Gasteiger partial charge in [0.1, 0.15) is 0 Å². The molecule has 0 amide bonds. The molecule has 0 aromatic heterocycles. The van der Waals surface area contributed by atoms with Crippen molar-refractivity contribution in [3.8, 4) is 0 Å². The van der Waals surface area contributed by atoms with E-state index in [-0.39, 0.29) is 4.90 Å². The summed E-state index contributed by atoms with van der Waals surface area (Å²) in [5.74, 6) is -0.810. The van der Waals surface area contributed by atoms with Crippen molar-refractivity contribution in [3.05, 3.63) is 24.3 Å². The molecule has 8 heteroatoms. The zero-order valence-electron chi connectivity index (χ0n) is 10.4. The third-order valence-corrected chi connectivity index (χ3v) is 3.15. The molecule has 0 saturated carbocycles. The van der Waals surface area contributed by atoms with Crippen LogP contribution in [0.5, 0.6) is 0 Å².